The van der Waals surface area contributed by atoms with Crippen LogP contribution in [0.5, 0.6) is 0 Å². The summed E-state index contributed by atoms with van der Waals surface area (Å²) in [6, 6.07) is 9.24. The van der Waals surface area contributed by atoms with Crippen LogP contribution in [-0.2, 0) is 9.59 Å². The number of nitro benzene ring substituents is 1. The minimum atomic E-state index is -0.855. The molecule has 1 heterocycles. The Kier molecular flexibility index (Phi) is 4.98. The van der Waals surface area contributed by atoms with E-state index in [4.69, 9.17) is 23.8 Å². The number of benzene rings is 2. The van der Waals surface area contributed by atoms with Gasteiger partial charge in [0.15, 0.2) is 5.11 Å². The molecule has 2 aromatic carbocycles. The van der Waals surface area contributed by atoms with Gasteiger partial charge in [-0.15, -0.1) is 0 Å². The van der Waals surface area contributed by atoms with Crippen molar-refractivity contribution in [3.63, 3.8) is 0 Å². The van der Waals surface area contributed by atoms with Crippen molar-refractivity contribution in [2.24, 2.45) is 0 Å². The van der Waals surface area contributed by atoms with Crippen molar-refractivity contribution in [2.45, 2.75) is 0 Å². The molecule has 2 aromatic rings. The topological polar surface area (TPSA) is 92.6 Å². The smallest absolute Gasteiger partial charge is 0.288 e. The molecule has 2 amide bonds. The van der Waals surface area contributed by atoms with Gasteiger partial charge in [-0.2, -0.15) is 0 Å². The third-order valence-electron chi connectivity index (χ3n) is 3.67. The van der Waals surface area contributed by atoms with E-state index in [9.17, 15) is 24.1 Å². The molecule has 1 aliphatic rings. The number of nitrogens with one attached hydrogen (secondary N) is 1. The minimum Gasteiger partial charge on any atom is -0.298 e. The fourth-order valence-electron chi connectivity index (χ4n) is 2.44. The van der Waals surface area contributed by atoms with Gasteiger partial charge in [0.2, 0.25) is 0 Å². The van der Waals surface area contributed by atoms with Gasteiger partial charge in [0.1, 0.15) is 16.4 Å². The number of amides is 2. The summed E-state index contributed by atoms with van der Waals surface area (Å²) in [7, 11) is 0. The Bertz CT molecular complexity index is 1040. The molecule has 0 radical (unpaired) electrons. The van der Waals surface area contributed by atoms with E-state index < -0.39 is 22.6 Å². The zero-order chi connectivity index (χ0) is 19.7. The van der Waals surface area contributed by atoms with Gasteiger partial charge >= 0.3 is 0 Å². The molecular weight excluding hydrogens is 397 g/mol. The maximum Gasteiger partial charge on any atom is 0.288 e. The summed E-state index contributed by atoms with van der Waals surface area (Å²) in [6.07, 6.45) is 1.15. The molecule has 0 aliphatic carbocycles. The number of carbonyl (C=O) groups is 2. The molecule has 0 atom stereocenters. The van der Waals surface area contributed by atoms with E-state index in [0.29, 0.717) is 0 Å². The summed E-state index contributed by atoms with van der Waals surface area (Å²) in [6.45, 7) is 0. The van der Waals surface area contributed by atoms with Gasteiger partial charge in [0.05, 0.1) is 10.6 Å². The van der Waals surface area contributed by atoms with Crippen LogP contribution in [0, 0.1) is 15.9 Å². The number of para-hydroxylation sites is 1. The highest BCUT2D eigenvalue weighted by atomic mass is 35.5. The van der Waals surface area contributed by atoms with Crippen LogP contribution in [-0.4, -0.2) is 21.9 Å². The second kappa shape index (κ2) is 7.22. The third-order valence-corrected chi connectivity index (χ3v) is 4.28. The largest absolute Gasteiger partial charge is 0.298 e. The minimum absolute atomic E-state index is 0.0873. The quantitative estimate of drug-likeness (QED) is 0.278. The maximum absolute atomic E-state index is 14.1. The molecule has 0 saturated carbocycles. The highest BCUT2D eigenvalue weighted by Crippen LogP contribution is 2.28. The molecule has 0 spiro atoms. The van der Waals surface area contributed by atoms with Crippen LogP contribution >= 0.6 is 23.8 Å². The van der Waals surface area contributed by atoms with Gasteiger partial charge in [-0.05, 0) is 42.1 Å². The van der Waals surface area contributed by atoms with Gasteiger partial charge in [-0.25, -0.2) is 9.29 Å². The van der Waals surface area contributed by atoms with Crippen molar-refractivity contribution in [1.29, 1.82) is 0 Å². The zero-order valence-corrected chi connectivity index (χ0v) is 14.9. The predicted molar refractivity (Wildman–Crippen MR) is 101 cm³/mol. The molecule has 0 aromatic heterocycles. The van der Waals surface area contributed by atoms with E-state index >= 15 is 0 Å². The van der Waals surface area contributed by atoms with Crippen molar-refractivity contribution >= 4 is 58.2 Å². The van der Waals surface area contributed by atoms with Gasteiger partial charge < -0.3 is 0 Å². The van der Waals surface area contributed by atoms with Gasteiger partial charge in [0.25, 0.3) is 17.5 Å². The SMILES string of the molecule is O=C1NC(=S)N(c2ccccc2F)C(=O)/C1=C/c1ccc(Cl)c([N+](=O)[O-])c1. The molecule has 7 nitrogen and oxygen atoms in total. The Morgan fingerprint density at radius 2 is 1.93 bits per heavy atom. The molecule has 136 valence electrons. The second-order valence-electron chi connectivity index (χ2n) is 5.38. The average Bonchev–Trinajstić information content (AvgIpc) is 2.61. The monoisotopic (exact) mass is 405 g/mol. The van der Waals surface area contributed by atoms with Crippen LogP contribution in [0.1, 0.15) is 5.56 Å². The van der Waals surface area contributed by atoms with Crippen LogP contribution in [0.3, 0.4) is 0 Å². The van der Waals surface area contributed by atoms with Gasteiger partial charge in [-0.1, -0.05) is 29.8 Å². The molecule has 0 bridgehead atoms. The van der Waals surface area contributed by atoms with Gasteiger partial charge in [-0.3, -0.25) is 25.0 Å². The Morgan fingerprint density at radius 1 is 1.22 bits per heavy atom. The fourth-order valence-corrected chi connectivity index (χ4v) is 2.90. The number of thiocarbonyl (C=S) groups is 1. The summed E-state index contributed by atoms with van der Waals surface area (Å²) in [4.78, 5) is 36.1. The highest BCUT2D eigenvalue weighted by molar-refractivity contribution is 7.80. The highest BCUT2D eigenvalue weighted by Gasteiger charge is 2.35. The standard InChI is InChI=1S/C17H9ClFN3O4S/c18-11-6-5-9(8-14(11)22(25)26)7-10-15(23)20-17(27)21(16(10)24)13-4-2-1-3-12(13)19/h1-8H,(H,20,23,27)/b10-7+. The molecule has 1 N–H and O–H groups in total. The Hall–Kier alpha value is -3.17. The van der Waals surface area contributed by atoms with Crippen LogP contribution in [0.15, 0.2) is 48.0 Å². The lowest BCUT2D eigenvalue weighted by molar-refractivity contribution is -0.384. The molecule has 1 saturated heterocycles. The summed E-state index contributed by atoms with van der Waals surface area (Å²) < 4.78 is 14.1. The first-order chi connectivity index (χ1) is 12.8. The Balaban J connectivity index is 2.06. The zero-order valence-electron chi connectivity index (χ0n) is 13.3. The normalized spacial score (nSPS) is 15.9. The molecule has 1 fully saturated rings. The number of hydrogen-bond donors (Lipinski definition) is 1. The first kappa shape index (κ1) is 18.6. The van der Waals surface area contributed by atoms with Crippen LogP contribution in [0.2, 0.25) is 5.02 Å². The number of nitro groups is 1. The lowest BCUT2D eigenvalue weighted by atomic mass is 10.1. The molecular formula is C17H9ClFN3O4S. The first-order valence-electron chi connectivity index (χ1n) is 7.39. The van der Waals surface area contributed by atoms with Crippen molar-refractivity contribution in [3.8, 4) is 0 Å². The number of carbonyl (C=O) groups excluding carboxylic acids is 2. The van der Waals surface area contributed by atoms with E-state index in [-0.39, 0.29) is 32.6 Å². The van der Waals surface area contributed by atoms with E-state index in [0.717, 1.165) is 23.1 Å². The predicted octanol–water partition coefficient (Wildman–Crippen LogP) is 3.22. The Labute approximate surface area is 162 Å². The van der Waals surface area contributed by atoms with Crippen molar-refractivity contribution in [1.82, 2.24) is 5.32 Å². The van der Waals surface area contributed by atoms with Crippen molar-refractivity contribution in [3.05, 3.63) is 74.6 Å². The number of nitrogens with zero attached hydrogens (tertiary/aromatic N) is 2. The number of halogens is 2. The molecule has 3 rings (SSSR count). The molecule has 1 aliphatic heterocycles. The number of rotatable bonds is 3. The lowest BCUT2D eigenvalue weighted by Crippen LogP contribution is -2.54. The van der Waals surface area contributed by atoms with Crippen molar-refractivity contribution in [2.75, 3.05) is 4.90 Å². The van der Waals surface area contributed by atoms with Crippen LogP contribution < -0.4 is 10.2 Å². The Morgan fingerprint density at radius 3 is 2.59 bits per heavy atom. The molecule has 0 unspecified atom stereocenters. The molecule has 27 heavy (non-hydrogen) atoms. The first-order valence-corrected chi connectivity index (χ1v) is 8.18. The number of anilines is 1. The van der Waals surface area contributed by atoms with E-state index in [1.54, 1.807) is 0 Å². The summed E-state index contributed by atoms with van der Waals surface area (Å²) >= 11 is 10.7. The van der Waals surface area contributed by atoms with E-state index in [1.807, 2.05) is 0 Å². The fraction of sp³-hybridized carbons (Fsp3) is 0. The van der Waals surface area contributed by atoms with E-state index in [2.05, 4.69) is 5.32 Å². The summed E-state index contributed by atoms with van der Waals surface area (Å²) in [5, 5.41) is 13.0. The lowest BCUT2D eigenvalue weighted by Gasteiger charge is -2.29. The molecule has 10 heteroatoms. The third kappa shape index (κ3) is 3.55. The van der Waals surface area contributed by atoms with Crippen LogP contribution in [0.4, 0.5) is 15.8 Å². The maximum atomic E-state index is 14.1. The summed E-state index contributed by atoms with van der Waals surface area (Å²) in [5.74, 6) is -2.35. The van der Waals surface area contributed by atoms with Crippen molar-refractivity contribution < 1.29 is 18.9 Å². The second-order valence-corrected chi connectivity index (χ2v) is 6.17. The average molecular weight is 406 g/mol. The van der Waals surface area contributed by atoms with Gasteiger partial charge in [0, 0.05) is 6.07 Å². The van der Waals surface area contributed by atoms with Crippen LogP contribution in [0.25, 0.3) is 6.08 Å². The van der Waals surface area contributed by atoms with E-state index in [1.165, 1.54) is 30.3 Å². The number of hydrogen-bond acceptors (Lipinski definition) is 5. The summed E-state index contributed by atoms with van der Waals surface area (Å²) in [5.41, 5.74) is -0.661.